The van der Waals surface area contributed by atoms with Gasteiger partial charge in [-0.15, -0.1) is 23.7 Å². The van der Waals surface area contributed by atoms with Crippen molar-refractivity contribution in [1.82, 2.24) is 15.1 Å². The molecule has 0 radical (unpaired) electrons. The molecule has 2 aliphatic heterocycles. The summed E-state index contributed by atoms with van der Waals surface area (Å²) in [6.45, 7) is 8.06. The highest BCUT2D eigenvalue weighted by Crippen LogP contribution is 2.19. The Morgan fingerprint density at radius 3 is 2.60 bits per heavy atom. The van der Waals surface area contributed by atoms with Crippen molar-refractivity contribution in [1.29, 1.82) is 0 Å². The predicted molar refractivity (Wildman–Crippen MR) is 85.1 cm³/mol. The molecule has 20 heavy (non-hydrogen) atoms. The van der Waals surface area contributed by atoms with Gasteiger partial charge in [0.25, 0.3) is 5.91 Å². The molecule has 0 saturated carbocycles. The van der Waals surface area contributed by atoms with Crippen molar-refractivity contribution in [3.63, 3.8) is 0 Å². The number of piperazine rings is 1. The second-order valence-corrected chi connectivity index (χ2v) is 6.67. The summed E-state index contributed by atoms with van der Waals surface area (Å²) in [6, 6.07) is 4.66. The van der Waals surface area contributed by atoms with E-state index in [-0.39, 0.29) is 18.3 Å². The molecule has 0 spiro atoms. The zero-order valence-electron chi connectivity index (χ0n) is 11.8. The summed E-state index contributed by atoms with van der Waals surface area (Å²) < 4.78 is 0. The Bertz CT molecular complexity index is 451. The van der Waals surface area contributed by atoms with Crippen LogP contribution in [0.25, 0.3) is 0 Å². The predicted octanol–water partition coefficient (Wildman–Crippen LogP) is 1.60. The fraction of sp³-hybridized carbons (Fsp3) is 0.643. The van der Waals surface area contributed by atoms with E-state index in [4.69, 9.17) is 0 Å². The van der Waals surface area contributed by atoms with E-state index < -0.39 is 0 Å². The van der Waals surface area contributed by atoms with Crippen molar-refractivity contribution in [3.8, 4) is 0 Å². The first-order valence-electron chi connectivity index (χ1n) is 7.04. The number of hydrogen-bond donors (Lipinski definition) is 1. The van der Waals surface area contributed by atoms with Crippen molar-refractivity contribution in [2.75, 3.05) is 39.3 Å². The molecule has 4 nitrogen and oxygen atoms in total. The highest BCUT2D eigenvalue weighted by molar-refractivity contribution is 7.13. The van der Waals surface area contributed by atoms with Crippen LogP contribution in [0.3, 0.4) is 0 Å². The lowest BCUT2D eigenvalue weighted by Crippen LogP contribution is -2.52. The Balaban J connectivity index is 0.00000147. The number of hydrogen-bond acceptors (Lipinski definition) is 4. The van der Waals surface area contributed by atoms with Gasteiger partial charge in [0, 0.05) is 43.6 Å². The Hall–Kier alpha value is -0.620. The summed E-state index contributed by atoms with van der Waals surface area (Å²) in [6.07, 6.45) is 1.25. The van der Waals surface area contributed by atoms with Crippen LogP contribution in [0.2, 0.25) is 0 Å². The second-order valence-electron chi connectivity index (χ2n) is 5.39. The maximum absolute atomic E-state index is 12.3. The van der Waals surface area contributed by atoms with Gasteiger partial charge < -0.3 is 10.2 Å². The van der Waals surface area contributed by atoms with Gasteiger partial charge in [-0.3, -0.25) is 9.69 Å². The van der Waals surface area contributed by atoms with Crippen LogP contribution in [0.1, 0.15) is 21.0 Å². The smallest absolute Gasteiger partial charge is 0.264 e. The zero-order valence-corrected chi connectivity index (χ0v) is 13.4. The first kappa shape index (κ1) is 15.8. The van der Waals surface area contributed by atoms with Crippen LogP contribution >= 0.6 is 23.7 Å². The van der Waals surface area contributed by atoms with Gasteiger partial charge in [-0.2, -0.15) is 0 Å². The van der Waals surface area contributed by atoms with Gasteiger partial charge in [-0.05, 0) is 32.0 Å². The van der Waals surface area contributed by atoms with Gasteiger partial charge in [0.15, 0.2) is 0 Å². The number of carbonyl (C=O) groups excluding carboxylic acids is 1. The molecule has 1 N–H and O–H groups in total. The number of halogens is 1. The highest BCUT2D eigenvalue weighted by atomic mass is 35.5. The largest absolute Gasteiger partial charge is 0.335 e. The summed E-state index contributed by atoms with van der Waals surface area (Å²) in [5.41, 5.74) is 0. The van der Waals surface area contributed by atoms with Crippen molar-refractivity contribution >= 4 is 29.7 Å². The van der Waals surface area contributed by atoms with Gasteiger partial charge >= 0.3 is 0 Å². The molecule has 1 atom stereocenters. The molecule has 0 aliphatic carbocycles. The number of thiophene rings is 1. The molecule has 0 bridgehead atoms. The van der Waals surface area contributed by atoms with E-state index in [0.717, 1.165) is 44.1 Å². The van der Waals surface area contributed by atoms with Crippen LogP contribution < -0.4 is 5.32 Å². The monoisotopic (exact) mass is 315 g/mol. The Labute approximate surface area is 130 Å². The van der Waals surface area contributed by atoms with Gasteiger partial charge in [-0.25, -0.2) is 0 Å². The number of rotatable bonds is 2. The quantitative estimate of drug-likeness (QED) is 0.900. The fourth-order valence-electron chi connectivity index (χ4n) is 2.95. The first-order valence-corrected chi connectivity index (χ1v) is 7.86. The minimum atomic E-state index is 0. The summed E-state index contributed by atoms with van der Waals surface area (Å²) in [5.74, 6) is 0.210. The molecular formula is C14H22ClN3OS. The van der Waals surface area contributed by atoms with Crippen molar-refractivity contribution in [2.24, 2.45) is 0 Å². The van der Waals surface area contributed by atoms with E-state index in [1.165, 1.54) is 11.3 Å². The van der Waals surface area contributed by atoms with E-state index in [9.17, 15) is 4.79 Å². The number of carbonyl (C=O) groups is 1. The molecule has 3 heterocycles. The van der Waals surface area contributed by atoms with Crippen molar-refractivity contribution in [2.45, 2.75) is 19.4 Å². The van der Waals surface area contributed by atoms with Crippen LogP contribution in [0.5, 0.6) is 0 Å². The third-order valence-corrected chi connectivity index (χ3v) is 5.09. The second kappa shape index (κ2) is 6.89. The zero-order chi connectivity index (χ0) is 13.2. The number of amides is 1. The van der Waals surface area contributed by atoms with Crippen LogP contribution in [0.15, 0.2) is 12.1 Å². The molecule has 2 saturated heterocycles. The molecule has 1 unspecified atom stereocenters. The molecule has 112 valence electrons. The summed E-state index contributed by atoms with van der Waals surface area (Å²) in [7, 11) is 0. The molecule has 3 rings (SSSR count). The molecule has 1 aromatic heterocycles. The average molecular weight is 316 g/mol. The highest BCUT2D eigenvalue weighted by Gasteiger charge is 2.28. The third-order valence-electron chi connectivity index (χ3n) is 4.10. The summed E-state index contributed by atoms with van der Waals surface area (Å²) in [4.78, 5) is 19.0. The minimum absolute atomic E-state index is 0. The van der Waals surface area contributed by atoms with Crippen molar-refractivity contribution in [3.05, 3.63) is 21.9 Å². The summed E-state index contributed by atoms with van der Waals surface area (Å²) >= 11 is 1.60. The lowest BCUT2D eigenvalue weighted by Gasteiger charge is -2.37. The van der Waals surface area contributed by atoms with Gasteiger partial charge in [0.1, 0.15) is 0 Å². The maximum atomic E-state index is 12.3. The molecule has 1 amide bonds. The molecule has 2 aliphatic rings. The van der Waals surface area contributed by atoms with E-state index in [1.54, 1.807) is 11.3 Å². The first-order chi connectivity index (χ1) is 9.24. The molecule has 2 fully saturated rings. The molecule has 0 aromatic carbocycles. The minimum Gasteiger partial charge on any atom is -0.335 e. The number of aryl methyl sites for hydroxylation is 1. The Morgan fingerprint density at radius 1 is 1.30 bits per heavy atom. The lowest BCUT2D eigenvalue weighted by molar-refractivity contribution is 0.0588. The molecule has 6 heteroatoms. The third kappa shape index (κ3) is 3.34. The van der Waals surface area contributed by atoms with Crippen LogP contribution in [0.4, 0.5) is 0 Å². The maximum Gasteiger partial charge on any atom is 0.264 e. The topological polar surface area (TPSA) is 35.6 Å². The number of nitrogens with zero attached hydrogens (tertiary/aromatic N) is 2. The average Bonchev–Trinajstić information content (AvgIpc) is 3.09. The van der Waals surface area contributed by atoms with Crippen LogP contribution in [-0.4, -0.2) is 61.0 Å². The lowest BCUT2D eigenvalue weighted by atomic mass is 10.2. The van der Waals surface area contributed by atoms with Crippen LogP contribution in [0, 0.1) is 6.92 Å². The normalized spacial score (nSPS) is 23.6. The van der Waals surface area contributed by atoms with Gasteiger partial charge in [-0.1, -0.05) is 0 Å². The van der Waals surface area contributed by atoms with Gasteiger partial charge in [0.2, 0.25) is 0 Å². The molecule has 1 aromatic rings. The van der Waals surface area contributed by atoms with E-state index in [0.29, 0.717) is 6.04 Å². The fourth-order valence-corrected chi connectivity index (χ4v) is 3.78. The van der Waals surface area contributed by atoms with E-state index in [1.807, 2.05) is 24.0 Å². The number of nitrogens with one attached hydrogen (secondary N) is 1. The van der Waals surface area contributed by atoms with Crippen LogP contribution in [-0.2, 0) is 0 Å². The summed E-state index contributed by atoms with van der Waals surface area (Å²) in [5, 5.41) is 3.41. The standard InChI is InChI=1S/C14H21N3OS.ClH/c1-11-2-3-13(19-11)14(18)17-8-6-16(7-9-17)12-4-5-15-10-12;/h2-3,12,15H,4-10H2,1H3;1H. The Kier molecular flexibility index (Phi) is 5.43. The van der Waals surface area contributed by atoms with E-state index >= 15 is 0 Å². The SMILES string of the molecule is Cc1ccc(C(=O)N2CCN(C3CCNC3)CC2)s1.Cl. The van der Waals surface area contributed by atoms with Crippen molar-refractivity contribution < 1.29 is 4.79 Å². The van der Waals surface area contributed by atoms with E-state index in [2.05, 4.69) is 10.2 Å². The van der Waals surface area contributed by atoms with Gasteiger partial charge in [0.05, 0.1) is 4.88 Å². The molecular weight excluding hydrogens is 294 g/mol. The Morgan fingerprint density at radius 2 is 2.05 bits per heavy atom.